The highest BCUT2D eigenvalue weighted by Gasteiger charge is 2.70. The first kappa shape index (κ1) is 35.3. The molecule has 51 heavy (non-hydrogen) atoms. The number of allylic oxidation sites excluding steroid dienone is 2. The number of esters is 1. The number of fused-ring (bicyclic) bond motifs is 7. The Bertz CT molecular complexity index is 1650. The van der Waals surface area contributed by atoms with Gasteiger partial charge in [0.1, 0.15) is 6.10 Å². The van der Waals surface area contributed by atoms with Gasteiger partial charge in [0.2, 0.25) is 0 Å². The van der Waals surface area contributed by atoms with Crippen LogP contribution in [0.15, 0.2) is 72.3 Å². The van der Waals surface area contributed by atoms with Crippen molar-refractivity contribution in [1.82, 2.24) is 0 Å². The maximum absolute atomic E-state index is 14.9. The number of hydrogen-bond acceptors (Lipinski definition) is 5. The average molecular weight is 693 g/mol. The second kappa shape index (κ2) is 12.1. The lowest BCUT2D eigenvalue weighted by Crippen LogP contribution is -2.66. The molecule has 5 nitrogen and oxygen atoms in total. The third kappa shape index (κ3) is 5.45. The molecule has 4 saturated carbocycles. The van der Waals surface area contributed by atoms with Crippen LogP contribution >= 0.6 is 0 Å². The van der Waals surface area contributed by atoms with E-state index in [0.717, 1.165) is 75.5 Å². The van der Waals surface area contributed by atoms with Gasteiger partial charge in [0.25, 0.3) is 0 Å². The van der Waals surface area contributed by atoms with Crippen molar-refractivity contribution >= 4 is 11.8 Å². The molecule has 8 rings (SSSR count). The molecule has 6 aliphatic rings. The zero-order valence-corrected chi connectivity index (χ0v) is 32.1. The molecule has 0 bridgehead atoms. The number of carbonyl (C=O) groups excluding carboxylic acids is 2. The minimum atomic E-state index is -0.635. The van der Waals surface area contributed by atoms with Gasteiger partial charge in [-0.25, -0.2) is 0 Å². The van der Waals surface area contributed by atoms with Crippen LogP contribution in [-0.2, 0) is 23.8 Å². The van der Waals surface area contributed by atoms with E-state index in [4.69, 9.17) is 14.2 Å². The Kier molecular flexibility index (Phi) is 8.39. The summed E-state index contributed by atoms with van der Waals surface area (Å²) in [6.07, 6.45) is 11.1. The van der Waals surface area contributed by atoms with Crippen LogP contribution in [-0.4, -0.2) is 37.2 Å². The fourth-order valence-corrected chi connectivity index (χ4v) is 12.9. The summed E-state index contributed by atoms with van der Waals surface area (Å²) in [5, 5.41) is 0. The zero-order valence-electron chi connectivity index (χ0n) is 32.1. The normalized spacial score (nSPS) is 42.5. The summed E-state index contributed by atoms with van der Waals surface area (Å²) in [6.45, 7) is 18.3. The quantitative estimate of drug-likeness (QED) is 0.214. The summed E-state index contributed by atoms with van der Waals surface area (Å²) in [6, 6.07) is 20.2. The van der Waals surface area contributed by atoms with Gasteiger partial charge in [0.05, 0.1) is 24.7 Å². The van der Waals surface area contributed by atoms with Crippen LogP contribution in [0, 0.1) is 50.2 Å². The number of ether oxygens (including phenoxy) is 3. The van der Waals surface area contributed by atoms with E-state index < -0.39 is 11.5 Å². The van der Waals surface area contributed by atoms with Crippen LogP contribution in [0.2, 0.25) is 0 Å². The molecule has 0 spiro atoms. The molecular formula is C46H60O5. The largest absolute Gasteiger partial charge is 0.452 e. The monoisotopic (exact) mass is 692 g/mol. The molecule has 2 aromatic carbocycles. The van der Waals surface area contributed by atoms with Gasteiger partial charge < -0.3 is 14.2 Å². The summed E-state index contributed by atoms with van der Waals surface area (Å²) in [5.41, 5.74) is 2.42. The van der Waals surface area contributed by atoms with Gasteiger partial charge in [-0.05, 0) is 121 Å². The zero-order chi connectivity index (χ0) is 36.0. The maximum atomic E-state index is 14.9. The average Bonchev–Trinajstić information content (AvgIpc) is 3.93. The Balaban J connectivity index is 1.09. The van der Waals surface area contributed by atoms with Crippen LogP contribution in [0.25, 0.3) is 0 Å². The lowest BCUT2D eigenvalue weighted by molar-refractivity contribution is -0.209. The number of carbonyl (C=O) groups is 2. The summed E-state index contributed by atoms with van der Waals surface area (Å²) in [4.78, 5) is 29.4. The fourth-order valence-electron chi connectivity index (χ4n) is 12.9. The molecule has 0 N–H and O–H groups in total. The van der Waals surface area contributed by atoms with E-state index >= 15 is 0 Å². The van der Waals surface area contributed by atoms with E-state index in [-0.39, 0.29) is 57.1 Å². The number of epoxide rings is 1. The number of rotatable bonds is 7. The molecule has 10 atom stereocenters. The van der Waals surface area contributed by atoms with Crippen molar-refractivity contribution in [3.63, 3.8) is 0 Å². The fraction of sp³-hybridized carbons (Fsp3) is 0.652. The third-order valence-electron chi connectivity index (χ3n) is 16.3. The van der Waals surface area contributed by atoms with Gasteiger partial charge in [-0.2, -0.15) is 0 Å². The van der Waals surface area contributed by atoms with E-state index in [2.05, 4.69) is 54.5 Å². The standard InChI is InChI=1S/C46H60O5/c1-41(2)36-18-21-46(7)39(44(36,5)20-19-37(41)50-29-32-28-49-32)35(47)26-33-34-27-43(4,23-22-42(34,3)24-25-45(33,46)6)40(48)51-38(30-14-10-8-11-15-30)31-16-12-9-13-17-31/h8-17,26,32,34,36-39H,18-25,27-29H2,1-7H3/t32?,34-,36-,37-,39+,42+,43-,44-,45+,46+/m0/s1. The van der Waals surface area contributed by atoms with E-state index in [9.17, 15) is 9.59 Å². The highest BCUT2D eigenvalue weighted by molar-refractivity contribution is 5.95. The van der Waals surface area contributed by atoms with Crippen molar-refractivity contribution in [1.29, 1.82) is 0 Å². The molecule has 1 aliphatic heterocycles. The molecule has 1 saturated heterocycles. The Morgan fingerprint density at radius 2 is 1.45 bits per heavy atom. The van der Waals surface area contributed by atoms with Crippen molar-refractivity contribution in [2.75, 3.05) is 13.2 Å². The van der Waals surface area contributed by atoms with Crippen LogP contribution in [0.4, 0.5) is 0 Å². The van der Waals surface area contributed by atoms with E-state index in [0.29, 0.717) is 18.3 Å². The highest BCUT2D eigenvalue weighted by Crippen LogP contribution is 2.75. The van der Waals surface area contributed by atoms with Crippen molar-refractivity contribution in [2.24, 2.45) is 50.2 Å². The topological polar surface area (TPSA) is 65.1 Å². The minimum Gasteiger partial charge on any atom is -0.452 e. The summed E-state index contributed by atoms with van der Waals surface area (Å²) >= 11 is 0. The van der Waals surface area contributed by atoms with Crippen molar-refractivity contribution in [3.05, 3.63) is 83.4 Å². The number of hydrogen-bond donors (Lipinski definition) is 0. The minimum absolute atomic E-state index is 0.00807. The molecule has 1 heterocycles. The second-order valence-corrected chi connectivity index (χ2v) is 19.5. The Morgan fingerprint density at radius 1 is 0.824 bits per heavy atom. The third-order valence-corrected chi connectivity index (χ3v) is 16.3. The van der Waals surface area contributed by atoms with Crippen molar-refractivity contribution < 1.29 is 23.8 Å². The lowest BCUT2D eigenvalue weighted by Gasteiger charge is -2.70. The predicted octanol–water partition coefficient (Wildman–Crippen LogP) is 10.1. The molecular weight excluding hydrogens is 633 g/mol. The van der Waals surface area contributed by atoms with Gasteiger partial charge in [0.15, 0.2) is 11.9 Å². The molecule has 5 aliphatic carbocycles. The van der Waals surface area contributed by atoms with E-state index in [1.807, 2.05) is 60.7 Å². The van der Waals surface area contributed by atoms with Gasteiger partial charge in [0, 0.05) is 5.92 Å². The summed E-state index contributed by atoms with van der Waals surface area (Å²) in [5.74, 6) is 0.807. The first-order valence-electron chi connectivity index (χ1n) is 19.9. The van der Waals surface area contributed by atoms with Gasteiger partial charge >= 0.3 is 5.97 Å². The lowest BCUT2D eigenvalue weighted by atomic mass is 9.33. The van der Waals surface area contributed by atoms with E-state index in [1.165, 1.54) is 5.57 Å². The first-order chi connectivity index (χ1) is 24.1. The molecule has 274 valence electrons. The van der Waals surface area contributed by atoms with Crippen molar-refractivity contribution in [3.8, 4) is 0 Å². The molecule has 5 fully saturated rings. The molecule has 0 radical (unpaired) electrons. The van der Waals surface area contributed by atoms with Crippen LogP contribution in [0.1, 0.15) is 123 Å². The Labute approximate surface area is 306 Å². The van der Waals surface area contributed by atoms with Gasteiger partial charge in [-0.3, -0.25) is 9.59 Å². The number of ketones is 1. The van der Waals surface area contributed by atoms with Crippen LogP contribution in [0.3, 0.4) is 0 Å². The molecule has 0 aromatic heterocycles. The van der Waals surface area contributed by atoms with Gasteiger partial charge in [-0.15, -0.1) is 0 Å². The van der Waals surface area contributed by atoms with E-state index in [1.54, 1.807) is 0 Å². The first-order valence-corrected chi connectivity index (χ1v) is 19.9. The number of benzene rings is 2. The summed E-state index contributed by atoms with van der Waals surface area (Å²) < 4.78 is 18.6. The predicted molar refractivity (Wildman–Crippen MR) is 200 cm³/mol. The van der Waals surface area contributed by atoms with Crippen LogP contribution < -0.4 is 0 Å². The summed E-state index contributed by atoms with van der Waals surface area (Å²) in [7, 11) is 0. The second-order valence-electron chi connectivity index (χ2n) is 19.5. The highest BCUT2D eigenvalue weighted by atomic mass is 16.6. The van der Waals surface area contributed by atoms with Crippen LogP contribution in [0.5, 0.6) is 0 Å². The van der Waals surface area contributed by atoms with Crippen molar-refractivity contribution in [2.45, 2.75) is 125 Å². The molecule has 2 aromatic rings. The molecule has 0 amide bonds. The SMILES string of the molecule is CC1(C)[C@@H](OCC2CO2)CC[C@]2(C)[C@H]3C(=O)C=C4[C@@H]5C[C@@](C)(C(=O)OC(c6ccccc6)c6ccccc6)CC[C@]5(C)CC[C@@]4(C)[C@]3(C)CC[C@@H]12. The Hall–Kier alpha value is -2.76. The van der Waals surface area contributed by atoms with Gasteiger partial charge in [-0.1, -0.05) is 108 Å². The maximum Gasteiger partial charge on any atom is 0.312 e. The molecule has 1 unspecified atom stereocenters. The Morgan fingerprint density at radius 3 is 2.08 bits per heavy atom. The molecule has 5 heteroatoms. The smallest absolute Gasteiger partial charge is 0.312 e.